The molecule has 0 spiro atoms. The standard InChI is InChI=1S/C19H18ClN3O2S/c1-2-23(15-8-4-3-5-9-15)26(24,25)16-12-13-19(21-14-16)22-18-11-7-6-10-17(18)20/h3-14H,2H2,1H3,(H,21,22). The van der Waals surface area contributed by atoms with Gasteiger partial charge < -0.3 is 5.32 Å². The fourth-order valence-electron chi connectivity index (χ4n) is 2.52. The molecule has 5 nitrogen and oxygen atoms in total. The average Bonchev–Trinajstić information content (AvgIpc) is 2.65. The largest absolute Gasteiger partial charge is 0.339 e. The third-order valence-corrected chi connectivity index (χ3v) is 6.01. The number of nitrogens with one attached hydrogen (secondary N) is 1. The fourth-order valence-corrected chi connectivity index (χ4v) is 4.12. The van der Waals surface area contributed by atoms with Crippen molar-refractivity contribution in [2.75, 3.05) is 16.2 Å². The molecule has 0 atom stereocenters. The number of aromatic nitrogens is 1. The van der Waals surface area contributed by atoms with E-state index in [0.717, 1.165) is 0 Å². The Morgan fingerprint density at radius 1 is 1.00 bits per heavy atom. The monoisotopic (exact) mass is 387 g/mol. The molecule has 0 radical (unpaired) electrons. The number of hydrogen-bond acceptors (Lipinski definition) is 4. The van der Waals surface area contributed by atoms with E-state index in [-0.39, 0.29) is 4.90 Å². The first-order valence-corrected chi connectivity index (χ1v) is 9.89. The molecule has 26 heavy (non-hydrogen) atoms. The Morgan fingerprint density at radius 2 is 1.69 bits per heavy atom. The summed E-state index contributed by atoms with van der Waals surface area (Å²) in [6.45, 7) is 2.12. The van der Waals surface area contributed by atoms with Crippen LogP contribution in [0.3, 0.4) is 0 Å². The van der Waals surface area contributed by atoms with E-state index < -0.39 is 10.0 Å². The lowest BCUT2D eigenvalue weighted by molar-refractivity contribution is 0.591. The molecule has 1 heterocycles. The van der Waals surface area contributed by atoms with Gasteiger partial charge in [-0.3, -0.25) is 4.31 Å². The maximum atomic E-state index is 12.9. The SMILES string of the molecule is CCN(c1ccccc1)S(=O)(=O)c1ccc(Nc2ccccc2Cl)nc1. The highest BCUT2D eigenvalue weighted by Crippen LogP contribution is 2.26. The van der Waals surface area contributed by atoms with Crippen LogP contribution in [0.2, 0.25) is 5.02 Å². The first kappa shape index (κ1) is 18.2. The van der Waals surface area contributed by atoms with E-state index in [0.29, 0.717) is 28.8 Å². The van der Waals surface area contributed by atoms with Crippen LogP contribution in [-0.2, 0) is 10.0 Å². The van der Waals surface area contributed by atoms with Crippen LogP contribution in [0, 0.1) is 0 Å². The predicted molar refractivity (Wildman–Crippen MR) is 106 cm³/mol. The number of pyridine rings is 1. The third kappa shape index (κ3) is 3.81. The smallest absolute Gasteiger partial charge is 0.265 e. The normalized spacial score (nSPS) is 11.2. The molecule has 0 saturated carbocycles. The van der Waals surface area contributed by atoms with Crippen LogP contribution in [-0.4, -0.2) is 19.9 Å². The van der Waals surface area contributed by atoms with Crippen LogP contribution < -0.4 is 9.62 Å². The van der Waals surface area contributed by atoms with Crippen LogP contribution in [0.1, 0.15) is 6.92 Å². The Balaban J connectivity index is 1.86. The van der Waals surface area contributed by atoms with Crippen molar-refractivity contribution in [1.82, 2.24) is 4.98 Å². The molecule has 3 rings (SSSR count). The molecule has 7 heteroatoms. The van der Waals surface area contributed by atoms with Gasteiger partial charge in [-0.05, 0) is 43.3 Å². The van der Waals surface area contributed by atoms with Gasteiger partial charge in [-0.25, -0.2) is 13.4 Å². The molecule has 1 N–H and O–H groups in total. The number of para-hydroxylation sites is 2. The van der Waals surface area contributed by atoms with Crippen LogP contribution in [0.5, 0.6) is 0 Å². The molecule has 1 aromatic heterocycles. The summed E-state index contributed by atoms with van der Waals surface area (Å²) in [6, 6.07) is 19.4. The number of halogens is 1. The summed E-state index contributed by atoms with van der Waals surface area (Å²) in [5.74, 6) is 0.514. The Hall–Kier alpha value is -2.57. The van der Waals surface area contributed by atoms with Crippen molar-refractivity contribution in [2.45, 2.75) is 11.8 Å². The van der Waals surface area contributed by atoms with Crippen molar-refractivity contribution < 1.29 is 8.42 Å². The fraction of sp³-hybridized carbons (Fsp3) is 0.105. The highest BCUT2D eigenvalue weighted by atomic mass is 35.5. The predicted octanol–water partition coefficient (Wildman–Crippen LogP) is 4.69. The zero-order valence-corrected chi connectivity index (χ0v) is 15.7. The zero-order chi connectivity index (χ0) is 18.6. The summed E-state index contributed by atoms with van der Waals surface area (Å²) < 4.78 is 27.2. The lowest BCUT2D eigenvalue weighted by Gasteiger charge is -2.22. The van der Waals surface area contributed by atoms with Crippen molar-refractivity contribution in [1.29, 1.82) is 0 Å². The molecule has 0 saturated heterocycles. The van der Waals surface area contributed by atoms with Gasteiger partial charge in [-0.2, -0.15) is 0 Å². The minimum Gasteiger partial charge on any atom is -0.339 e. The minimum atomic E-state index is -3.68. The first-order chi connectivity index (χ1) is 12.5. The molecule has 0 fully saturated rings. The van der Waals surface area contributed by atoms with Crippen molar-refractivity contribution in [3.05, 3.63) is 77.9 Å². The molecule has 134 valence electrons. The van der Waals surface area contributed by atoms with Gasteiger partial charge in [-0.15, -0.1) is 0 Å². The van der Waals surface area contributed by atoms with Gasteiger partial charge >= 0.3 is 0 Å². The number of sulfonamides is 1. The molecule has 0 aliphatic carbocycles. The topological polar surface area (TPSA) is 62.3 Å². The minimum absolute atomic E-state index is 0.132. The Labute approximate surface area is 158 Å². The van der Waals surface area contributed by atoms with Gasteiger partial charge in [0.15, 0.2) is 0 Å². The Bertz CT molecular complexity index is 977. The molecule has 0 unspecified atom stereocenters. The van der Waals surface area contributed by atoms with E-state index >= 15 is 0 Å². The molecule has 0 bridgehead atoms. The number of rotatable bonds is 6. The third-order valence-electron chi connectivity index (χ3n) is 3.79. The van der Waals surface area contributed by atoms with Crippen LogP contribution in [0.25, 0.3) is 0 Å². The summed E-state index contributed by atoms with van der Waals surface area (Å²) in [5, 5.41) is 3.64. The van der Waals surface area contributed by atoms with Gasteiger partial charge in [-0.1, -0.05) is 41.9 Å². The molecular formula is C19H18ClN3O2S. The van der Waals surface area contributed by atoms with Crippen molar-refractivity contribution in [3.63, 3.8) is 0 Å². The highest BCUT2D eigenvalue weighted by molar-refractivity contribution is 7.92. The maximum Gasteiger partial charge on any atom is 0.265 e. The Kier molecular flexibility index (Phi) is 5.44. The summed E-state index contributed by atoms with van der Waals surface area (Å²) in [6.07, 6.45) is 1.35. The van der Waals surface area contributed by atoms with Crippen LogP contribution in [0.15, 0.2) is 77.8 Å². The van der Waals surface area contributed by atoms with Gasteiger partial charge in [0, 0.05) is 12.7 Å². The molecular weight excluding hydrogens is 370 g/mol. The van der Waals surface area contributed by atoms with E-state index in [4.69, 9.17) is 11.6 Å². The Morgan fingerprint density at radius 3 is 2.31 bits per heavy atom. The number of anilines is 3. The molecule has 2 aromatic carbocycles. The van der Waals surface area contributed by atoms with Gasteiger partial charge in [0.1, 0.15) is 10.7 Å². The van der Waals surface area contributed by atoms with E-state index in [1.54, 1.807) is 31.2 Å². The van der Waals surface area contributed by atoms with Gasteiger partial charge in [0.25, 0.3) is 10.0 Å². The average molecular weight is 388 g/mol. The second-order valence-electron chi connectivity index (χ2n) is 5.49. The summed E-state index contributed by atoms with van der Waals surface area (Å²) >= 11 is 6.11. The summed E-state index contributed by atoms with van der Waals surface area (Å²) in [7, 11) is -3.68. The molecule has 0 aliphatic heterocycles. The highest BCUT2D eigenvalue weighted by Gasteiger charge is 2.23. The lowest BCUT2D eigenvalue weighted by Crippen LogP contribution is -2.30. The van der Waals surface area contributed by atoms with Crippen molar-refractivity contribution in [3.8, 4) is 0 Å². The van der Waals surface area contributed by atoms with Gasteiger partial charge in [0.2, 0.25) is 0 Å². The number of benzene rings is 2. The second kappa shape index (κ2) is 7.76. The maximum absolute atomic E-state index is 12.9. The summed E-state index contributed by atoms with van der Waals surface area (Å²) in [5.41, 5.74) is 1.32. The molecule has 0 amide bonds. The van der Waals surface area contributed by atoms with Crippen molar-refractivity contribution >= 4 is 38.8 Å². The van der Waals surface area contributed by atoms with E-state index in [2.05, 4.69) is 10.3 Å². The number of nitrogens with zero attached hydrogens (tertiary/aromatic N) is 2. The summed E-state index contributed by atoms with van der Waals surface area (Å²) in [4.78, 5) is 4.35. The zero-order valence-electron chi connectivity index (χ0n) is 14.1. The van der Waals surface area contributed by atoms with Crippen LogP contribution >= 0.6 is 11.6 Å². The molecule has 3 aromatic rings. The first-order valence-electron chi connectivity index (χ1n) is 8.08. The van der Waals surface area contributed by atoms with Crippen molar-refractivity contribution in [2.24, 2.45) is 0 Å². The van der Waals surface area contributed by atoms with E-state index in [9.17, 15) is 8.42 Å². The van der Waals surface area contributed by atoms with E-state index in [1.807, 2.05) is 36.4 Å². The van der Waals surface area contributed by atoms with Crippen LogP contribution in [0.4, 0.5) is 17.2 Å². The molecule has 0 aliphatic rings. The lowest BCUT2D eigenvalue weighted by atomic mass is 10.3. The van der Waals surface area contributed by atoms with Gasteiger partial charge in [0.05, 0.1) is 16.4 Å². The quantitative estimate of drug-likeness (QED) is 0.666. The van der Waals surface area contributed by atoms with E-state index in [1.165, 1.54) is 16.6 Å². The second-order valence-corrected chi connectivity index (χ2v) is 7.76. The number of hydrogen-bond donors (Lipinski definition) is 1.